The van der Waals surface area contributed by atoms with E-state index in [1.165, 1.54) is 18.5 Å². The summed E-state index contributed by atoms with van der Waals surface area (Å²) in [4.78, 5) is 28.2. The first kappa shape index (κ1) is 21.5. The van der Waals surface area contributed by atoms with Crippen LogP contribution in [0.25, 0.3) is 0 Å². The Balaban J connectivity index is 2.06. The third kappa shape index (κ3) is 5.59. The average molecular weight is 415 g/mol. The quantitative estimate of drug-likeness (QED) is 0.652. The van der Waals surface area contributed by atoms with Crippen LogP contribution < -0.4 is 16.2 Å². The number of carbonyl (C=O) groups is 2. The molecule has 10 heteroatoms. The van der Waals surface area contributed by atoms with Gasteiger partial charge in [0.2, 0.25) is 0 Å². The lowest BCUT2D eigenvalue weighted by molar-refractivity contribution is -0.137. The van der Waals surface area contributed by atoms with Gasteiger partial charge in [-0.05, 0) is 36.2 Å². The molecule has 0 spiro atoms. The molecule has 0 aliphatic rings. The highest BCUT2D eigenvalue weighted by Crippen LogP contribution is 2.34. The third-order valence-corrected chi connectivity index (χ3v) is 4.09. The maximum absolute atomic E-state index is 12.7. The van der Waals surface area contributed by atoms with Crippen molar-refractivity contribution in [3.8, 4) is 0 Å². The molecule has 1 aromatic carbocycles. The number of anilines is 1. The highest BCUT2D eigenvalue weighted by Gasteiger charge is 2.31. The van der Waals surface area contributed by atoms with Crippen LogP contribution in [0.3, 0.4) is 0 Å². The molecule has 0 saturated heterocycles. The van der Waals surface area contributed by atoms with Gasteiger partial charge in [0.15, 0.2) is 0 Å². The molecule has 0 saturated carbocycles. The number of hydrazine groups is 1. The number of rotatable bonds is 5. The van der Waals surface area contributed by atoms with Crippen molar-refractivity contribution < 1.29 is 22.8 Å². The second-order valence-corrected chi connectivity index (χ2v) is 6.65. The van der Waals surface area contributed by atoms with Crippen molar-refractivity contribution in [2.45, 2.75) is 26.1 Å². The second-order valence-electron chi connectivity index (χ2n) is 6.24. The maximum Gasteiger partial charge on any atom is 0.416 e. The highest BCUT2D eigenvalue weighted by atomic mass is 35.5. The van der Waals surface area contributed by atoms with Crippen LogP contribution in [-0.4, -0.2) is 22.8 Å². The topological polar surface area (TPSA) is 83.1 Å². The van der Waals surface area contributed by atoms with E-state index in [2.05, 4.69) is 21.2 Å². The van der Waals surface area contributed by atoms with Gasteiger partial charge in [-0.1, -0.05) is 25.4 Å². The smallest absolute Gasteiger partial charge is 0.372 e. The second kappa shape index (κ2) is 8.92. The van der Waals surface area contributed by atoms with Crippen molar-refractivity contribution in [1.29, 1.82) is 0 Å². The van der Waals surface area contributed by atoms with E-state index in [0.717, 1.165) is 18.2 Å². The first-order valence-corrected chi connectivity index (χ1v) is 8.61. The Kier molecular flexibility index (Phi) is 6.85. The van der Waals surface area contributed by atoms with Crippen LogP contribution in [0, 0.1) is 5.92 Å². The monoisotopic (exact) mass is 414 g/mol. The molecule has 3 N–H and O–H groups in total. The van der Waals surface area contributed by atoms with Crippen LogP contribution in [0.2, 0.25) is 5.02 Å². The summed E-state index contributed by atoms with van der Waals surface area (Å²) in [5, 5.41) is 2.64. The standard InChI is InChI=1S/C18H18ClF3N4O2/c1-10(2)15(17(28)26-25-16(27)11-4-3-7-23-9-11)24-14-6-5-12(8-13(14)19)18(20,21)22/h3-10,15,24H,1-2H3,(H,25,27)(H,26,28)/t15-/m0/s1. The number of benzene rings is 1. The van der Waals surface area contributed by atoms with Gasteiger partial charge < -0.3 is 5.32 Å². The fraction of sp³-hybridized carbons (Fsp3) is 0.278. The third-order valence-electron chi connectivity index (χ3n) is 3.78. The fourth-order valence-corrected chi connectivity index (χ4v) is 2.51. The number of hydrogen-bond acceptors (Lipinski definition) is 4. The van der Waals surface area contributed by atoms with Crippen LogP contribution in [-0.2, 0) is 11.0 Å². The molecule has 2 rings (SSSR count). The van der Waals surface area contributed by atoms with E-state index in [0.29, 0.717) is 0 Å². The molecule has 0 bridgehead atoms. The predicted octanol–water partition coefficient (Wildman–Crippen LogP) is 3.65. The Morgan fingerprint density at radius 1 is 1.14 bits per heavy atom. The van der Waals surface area contributed by atoms with Crippen molar-refractivity contribution in [2.75, 3.05) is 5.32 Å². The lowest BCUT2D eigenvalue weighted by Gasteiger charge is -2.23. The number of pyridine rings is 1. The summed E-state index contributed by atoms with van der Waals surface area (Å²) in [6.45, 7) is 3.47. The van der Waals surface area contributed by atoms with Gasteiger partial charge in [-0.3, -0.25) is 25.4 Å². The van der Waals surface area contributed by atoms with E-state index in [1.807, 2.05) is 0 Å². The van der Waals surface area contributed by atoms with Gasteiger partial charge in [-0.15, -0.1) is 0 Å². The number of nitrogens with zero attached hydrogens (tertiary/aromatic N) is 1. The number of hydrogen-bond donors (Lipinski definition) is 3. The Morgan fingerprint density at radius 2 is 1.86 bits per heavy atom. The minimum atomic E-state index is -4.52. The largest absolute Gasteiger partial charge is 0.416 e. The molecule has 0 aliphatic carbocycles. The molecular weight excluding hydrogens is 397 g/mol. The summed E-state index contributed by atoms with van der Waals surface area (Å²) in [7, 11) is 0. The minimum Gasteiger partial charge on any atom is -0.372 e. The van der Waals surface area contributed by atoms with Gasteiger partial charge in [-0.2, -0.15) is 13.2 Å². The molecular formula is C18H18ClF3N4O2. The van der Waals surface area contributed by atoms with Crippen LogP contribution >= 0.6 is 11.6 Å². The lowest BCUT2D eigenvalue weighted by Crippen LogP contribution is -2.50. The first-order chi connectivity index (χ1) is 13.1. The van der Waals surface area contributed by atoms with Gasteiger partial charge in [0.05, 0.1) is 21.8 Å². The fourth-order valence-electron chi connectivity index (χ4n) is 2.28. The van der Waals surface area contributed by atoms with Crippen LogP contribution in [0.15, 0.2) is 42.7 Å². The molecule has 0 aliphatic heterocycles. The van der Waals surface area contributed by atoms with Crippen molar-refractivity contribution in [3.63, 3.8) is 0 Å². The molecule has 6 nitrogen and oxygen atoms in total. The number of aromatic nitrogens is 1. The number of amides is 2. The molecule has 0 unspecified atom stereocenters. The van der Waals surface area contributed by atoms with E-state index >= 15 is 0 Å². The van der Waals surface area contributed by atoms with Gasteiger partial charge in [0.1, 0.15) is 6.04 Å². The minimum absolute atomic E-state index is 0.169. The van der Waals surface area contributed by atoms with Crippen molar-refractivity contribution in [2.24, 2.45) is 5.92 Å². The van der Waals surface area contributed by atoms with Gasteiger partial charge in [-0.25, -0.2) is 0 Å². The number of alkyl halides is 3. The van der Waals surface area contributed by atoms with Gasteiger partial charge >= 0.3 is 6.18 Å². The van der Waals surface area contributed by atoms with E-state index in [9.17, 15) is 22.8 Å². The Bertz CT molecular complexity index is 844. The van der Waals surface area contributed by atoms with Crippen LogP contribution in [0.4, 0.5) is 18.9 Å². The van der Waals surface area contributed by atoms with E-state index < -0.39 is 29.6 Å². The van der Waals surface area contributed by atoms with E-state index in [-0.39, 0.29) is 22.2 Å². The van der Waals surface area contributed by atoms with Crippen molar-refractivity contribution in [1.82, 2.24) is 15.8 Å². The molecule has 1 atom stereocenters. The highest BCUT2D eigenvalue weighted by molar-refractivity contribution is 6.33. The molecule has 150 valence electrons. The summed E-state index contributed by atoms with van der Waals surface area (Å²) in [6, 6.07) is 5.04. The van der Waals surface area contributed by atoms with E-state index in [1.54, 1.807) is 19.9 Å². The summed E-state index contributed by atoms with van der Waals surface area (Å²) in [5.74, 6) is -1.40. The van der Waals surface area contributed by atoms with Crippen LogP contribution in [0.1, 0.15) is 29.8 Å². The Morgan fingerprint density at radius 3 is 2.39 bits per heavy atom. The normalized spacial score (nSPS) is 12.4. The predicted molar refractivity (Wildman–Crippen MR) is 98.5 cm³/mol. The molecule has 2 amide bonds. The molecule has 28 heavy (non-hydrogen) atoms. The first-order valence-electron chi connectivity index (χ1n) is 8.23. The maximum atomic E-state index is 12.7. The summed E-state index contributed by atoms with van der Waals surface area (Å²) in [5.41, 5.74) is 4.08. The molecule has 0 fully saturated rings. The van der Waals surface area contributed by atoms with Crippen molar-refractivity contribution in [3.05, 3.63) is 58.9 Å². The zero-order valence-corrected chi connectivity index (χ0v) is 15.7. The Labute approximate surface area is 164 Å². The average Bonchev–Trinajstić information content (AvgIpc) is 2.64. The zero-order chi connectivity index (χ0) is 20.9. The molecule has 2 aromatic rings. The van der Waals surface area contributed by atoms with Gasteiger partial charge in [0.25, 0.3) is 11.8 Å². The molecule has 0 radical (unpaired) electrons. The van der Waals surface area contributed by atoms with Crippen molar-refractivity contribution >= 4 is 29.1 Å². The summed E-state index contributed by atoms with van der Waals surface area (Å²) in [6.07, 6.45) is -1.68. The SMILES string of the molecule is CC(C)[C@H](Nc1ccc(C(F)(F)F)cc1Cl)C(=O)NNC(=O)c1cccnc1. The molecule has 1 aromatic heterocycles. The van der Waals surface area contributed by atoms with E-state index in [4.69, 9.17) is 11.6 Å². The number of halogens is 4. The molecule has 1 heterocycles. The van der Waals surface area contributed by atoms with Crippen LogP contribution in [0.5, 0.6) is 0 Å². The summed E-state index contributed by atoms with van der Waals surface area (Å²) < 4.78 is 38.2. The zero-order valence-electron chi connectivity index (χ0n) is 15.0. The number of nitrogens with one attached hydrogen (secondary N) is 3. The lowest BCUT2D eigenvalue weighted by atomic mass is 10.0. The number of carbonyl (C=O) groups excluding carboxylic acids is 2. The summed E-state index contributed by atoms with van der Waals surface area (Å²) >= 11 is 5.93. The Hall–Kier alpha value is -2.81. The van der Waals surface area contributed by atoms with Gasteiger partial charge in [0, 0.05) is 12.4 Å².